The molecule has 2 fully saturated rings. The number of rotatable bonds is 8. The molecule has 0 spiro atoms. The first-order chi connectivity index (χ1) is 14.4. The second-order valence-corrected chi connectivity index (χ2v) is 9.79. The number of carboxylic acid groups (broad SMARTS) is 1. The van der Waals surface area contributed by atoms with Crippen molar-refractivity contribution < 1.29 is 24.2 Å². The molecule has 0 radical (unpaired) electrons. The van der Waals surface area contributed by atoms with E-state index in [1.54, 1.807) is 18.7 Å². The van der Waals surface area contributed by atoms with E-state index in [2.05, 4.69) is 5.32 Å². The number of amides is 1. The molecule has 3 unspecified atom stereocenters. The van der Waals surface area contributed by atoms with E-state index in [0.29, 0.717) is 19.4 Å². The number of hydrogen-bond acceptors (Lipinski definition) is 6. The third-order valence-corrected chi connectivity index (χ3v) is 5.60. The van der Waals surface area contributed by atoms with Crippen molar-refractivity contribution >= 4 is 17.8 Å². The fourth-order valence-electron chi connectivity index (χ4n) is 4.39. The number of nitrogens with one attached hydrogen (secondary N) is 1. The molecule has 1 saturated carbocycles. The first-order valence-corrected chi connectivity index (χ1v) is 11.7. The molecule has 31 heavy (non-hydrogen) atoms. The molecule has 2 rings (SSSR count). The van der Waals surface area contributed by atoms with Crippen LogP contribution in [0.15, 0.2) is 0 Å². The number of esters is 1. The van der Waals surface area contributed by atoms with Crippen LogP contribution in [0.25, 0.3) is 0 Å². The van der Waals surface area contributed by atoms with Gasteiger partial charge >= 0.3 is 11.9 Å². The van der Waals surface area contributed by atoms with Crippen molar-refractivity contribution in [1.82, 2.24) is 10.2 Å². The van der Waals surface area contributed by atoms with Crippen LogP contribution in [-0.2, 0) is 19.1 Å². The standard InChI is InChI=1S/C19H32N2O5.C4H11N/c1-4-8-14(19(25)26-5-2)20-12(3)17(22)21-15-10-7-6-9-13(15)11-16(21)18(23)24;1-4(2,3)5/h12-16,20H,4-11H2,1-3H3,(H,23,24);5H2,1-3H3/t12?,13-,14?,15+,16?;/m1./s1. The highest BCUT2D eigenvalue weighted by atomic mass is 16.5. The third kappa shape index (κ3) is 8.77. The van der Waals surface area contributed by atoms with Gasteiger partial charge in [0.2, 0.25) is 5.91 Å². The summed E-state index contributed by atoms with van der Waals surface area (Å²) in [6.07, 6.45) is 5.87. The fraction of sp³-hybridized carbons (Fsp3) is 0.870. The van der Waals surface area contributed by atoms with Gasteiger partial charge in [0.25, 0.3) is 0 Å². The topological polar surface area (TPSA) is 122 Å². The van der Waals surface area contributed by atoms with Crippen LogP contribution in [0.1, 0.15) is 86.5 Å². The lowest BCUT2D eigenvalue weighted by molar-refractivity contribution is -0.152. The second-order valence-electron chi connectivity index (χ2n) is 9.79. The summed E-state index contributed by atoms with van der Waals surface area (Å²) in [5.74, 6) is -1.24. The van der Waals surface area contributed by atoms with Crippen molar-refractivity contribution in [3.63, 3.8) is 0 Å². The summed E-state index contributed by atoms with van der Waals surface area (Å²) in [5.41, 5.74) is 5.35. The summed E-state index contributed by atoms with van der Waals surface area (Å²) < 4.78 is 5.09. The van der Waals surface area contributed by atoms with Crippen molar-refractivity contribution in [2.24, 2.45) is 11.7 Å². The minimum atomic E-state index is -0.935. The zero-order valence-electron chi connectivity index (χ0n) is 20.1. The molecule has 0 bridgehead atoms. The minimum absolute atomic E-state index is 0. The summed E-state index contributed by atoms with van der Waals surface area (Å²) in [6.45, 7) is 11.6. The Morgan fingerprint density at radius 1 is 1.19 bits per heavy atom. The first kappa shape index (κ1) is 27.4. The Labute approximate surface area is 187 Å². The van der Waals surface area contributed by atoms with Crippen molar-refractivity contribution in [3.05, 3.63) is 0 Å². The lowest BCUT2D eigenvalue weighted by Crippen LogP contribution is -2.55. The number of carboxylic acids is 1. The Kier molecular flexibility index (Phi) is 10.9. The Bertz CT molecular complexity index is 599. The number of fused-ring (bicyclic) bond motifs is 1. The van der Waals surface area contributed by atoms with Crippen LogP contribution >= 0.6 is 0 Å². The van der Waals surface area contributed by atoms with Crippen LogP contribution in [0.5, 0.6) is 0 Å². The Morgan fingerprint density at radius 2 is 1.77 bits per heavy atom. The van der Waals surface area contributed by atoms with Crippen molar-refractivity contribution in [2.75, 3.05) is 6.61 Å². The number of nitrogens with two attached hydrogens (primary N) is 1. The number of likely N-dealkylation sites (tertiary alicyclic amines) is 1. The number of ether oxygens (including phenoxy) is 1. The van der Waals surface area contributed by atoms with Crippen LogP contribution in [0, 0.1) is 5.92 Å². The summed E-state index contributed by atoms with van der Waals surface area (Å²) >= 11 is 0. The fourth-order valence-corrected chi connectivity index (χ4v) is 4.39. The van der Waals surface area contributed by atoms with Gasteiger partial charge in [-0.05, 0) is 66.2 Å². The predicted octanol–water partition coefficient (Wildman–Crippen LogP) is 2.68. The molecule has 1 aliphatic carbocycles. The molecule has 0 aromatic rings. The van der Waals surface area contributed by atoms with E-state index < -0.39 is 24.1 Å². The van der Waals surface area contributed by atoms with Crippen LogP contribution in [0.2, 0.25) is 0 Å². The van der Waals surface area contributed by atoms with Gasteiger partial charge in [0, 0.05) is 11.6 Å². The zero-order chi connectivity index (χ0) is 23.8. The third-order valence-electron chi connectivity index (χ3n) is 5.60. The molecule has 180 valence electrons. The van der Waals surface area contributed by atoms with E-state index >= 15 is 0 Å². The van der Waals surface area contributed by atoms with Crippen molar-refractivity contribution in [2.45, 2.75) is 116 Å². The Balaban J connectivity index is 0.000000861. The molecule has 1 aliphatic heterocycles. The number of carbonyl (C=O) groups excluding carboxylic acids is 2. The minimum Gasteiger partial charge on any atom is -0.480 e. The Morgan fingerprint density at radius 3 is 2.29 bits per heavy atom. The number of hydrogen-bond donors (Lipinski definition) is 3. The van der Waals surface area contributed by atoms with E-state index in [1.165, 1.54) is 0 Å². The second kappa shape index (κ2) is 12.4. The molecule has 0 aromatic heterocycles. The van der Waals surface area contributed by atoms with Gasteiger partial charge in [-0.3, -0.25) is 14.9 Å². The molecule has 0 aromatic carbocycles. The van der Waals surface area contributed by atoms with E-state index in [0.717, 1.165) is 32.1 Å². The summed E-state index contributed by atoms with van der Waals surface area (Å²) in [7, 11) is 0. The van der Waals surface area contributed by atoms with Gasteiger partial charge in [-0.2, -0.15) is 0 Å². The highest BCUT2D eigenvalue weighted by molar-refractivity contribution is 5.88. The first-order valence-electron chi connectivity index (χ1n) is 11.7. The summed E-state index contributed by atoms with van der Waals surface area (Å²) in [6, 6.07) is -1.92. The quantitative estimate of drug-likeness (QED) is 0.495. The molecule has 1 heterocycles. The molecule has 8 heteroatoms. The normalized spacial score (nSPS) is 25.0. The number of carbonyl (C=O) groups is 3. The van der Waals surface area contributed by atoms with Crippen molar-refractivity contribution in [1.29, 1.82) is 0 Å². The molecule has 5 atom stereocenters. The monoisotopic (exact) mass is 441 g/mol. The van der Waals surface area contributed by atoms with E-state index in [-0.39, 0.29) is 29.4 Å². The van der Waals surface area contributed by atoms with Crippen LogP contribution in [0.3, 0.4) is 0 Å². The van der Waals surface area contributed by atoms with Gasteiger partial charge in [0.1, 0.15) is 12.1 Å². The predicted molar refractivity (Wildman–Crippen MR) is 120 cm³/mol. The van der Waals surface area contributed by atoms with Gasteiger partial charge in [-0.1, -0.05) is 26.2 Å². The lowest BCUT2D eigenvalue weighted by Gasteiger charge is -2.35. The molecule has 4 N–H and O–H groups in total. The Hall–Kier alpha value is -1.67. The highest BCUT2D eigenvalue weighted by Gasteiger charge is 2.48. The molecule has 2 aliphatic rings. The van der Waals surface area contributed by atoms with Crippen LogP contribution in [0.4, 0.5) is 0 Å². The molecule has 8 nitrogen and oxygen atoms in total. The van der Waals surface area contributed by atoms with Gasteiger partial charge < -0.3 is 20.5 Å². The largest absolute Gasteiger partial charge is 0.480 e. The maximum Gasteiger partial charge on any atom is 0.326 e. The summed E-state index contributed by atoms with van der Waals surface area (Å²) in [5, 5.41) is 12.7. The van der Waals surface area contributed by atoms with Gasteiger partial charge in [-0.25, -0.2) is 4.79 Å². The van der Waals surface area contributed by atoms with E-state index in [4.69, 9.17) is 10.5 Å². The molecule has 1 saturated heterocycles. The molecule has 1 amide bonds. The van der Waals surface area contributed by atoms with E-state index in [1.807, 2.05) is 27.7 Å². The number of nitrogens with zero attached hydrogens (tertiary/aromatic N) is 1. The van der Waals surface area contributed by atoms with Gasteiger partial charge in [0.05, 0.1) is 12.6 Å². The van der Waals surface area contributed by atoms with Crippen LogP contribution < -0.4 is 11.1 Å². The van der Waals surface area contributed by atoms with Gasteiger partial charge in [-0.15, -0.1) is 0 Å². The molecular formula is C23H43N3O5. The van der Waals surface area contributed by atoms with Gasteiger partial charge in [0.15, 0.2) is 0 Å². The average Bonchev–Trinajstić information content (AvgIpc) is 3.05. The molecular weight excluding hydrogens is 398 g/mol. The van der Waals surface area contributed by atoms with Crippen molar-refractivity contribution in [3.8, 4) is 0 Å². The number of aliphatic carboxylic acids is 1. The SMILES string of the molecule is CC(C)(C)N.CCCC(NC(C)C(=O)N1C(C(=O)O)C[C@H]2CCCC[C@@H]21)C(=O)OCC. The van der Waals surface area contributed by atoms with Crippen LogP contribution in [-0.4, -0.2) is 64.2 Å². The lowest BCUT2D eigenvalue weighted by atomic mass is 9.84. The van der Waals surface area contributed by atoms with E-state index in [9.17, 15) is 19.5 Å². The maximum absolute atomic E-state index is 13.1. The highest BCUT2D eigenvalue weighted by Crippen LogP contribution is 2.40. The average molecular weight is 442 g/mol. The smallest absolute Gasteiger partial charge is 0.326 e. The summed E-state index contributed by atoms with van der Waals surface area (Å²) in [4.78, 5) is 38.5. The zero-order valence-corrected chi connectivity index (χ0v) is 20.1. The maximum atomic E-state index is 13.1.